The molecule has 8 heteroatoms. The van der Waals surface area contributed by atoms with Crippen LogP contribution in [0.5, 0.6) is 0 Å². The second-order valence-electron chi connectivity index (χ2n) is 7.82. The van der Waals surface area contributed by atoms with Crippen molar-refractivity contribution in [3.8, 4) is 0 Å². The van der Waals surface area contributed by atoms with Gasteiger partial charge in [-0.05, 0) is 57.3 Å². The number of ether oxygens (including phenoxy) is 2. The SMILES string of the molecule is B[C@@H]1O[C@H](CC)[C@@H](O[P@]2(=S)O[C@@H]3C[C@@H](C(=C)C)CC[C@@]3(C)S2)[C@H]1OC. The normalized spacial score (nSPS) is 49.9. The van der Waals surface area contributed by atoms with Crippen molar-refractivity contribution in [2.45, 2.75) is 81.6 Å². The molecule has 0 spiro atoms. The maximum absolute atomic E-state index is 6.48. The molecule has 0 bridgehead atoms. The van der Waals surface area contributed by atoms with Crippen LogP contribution in [0.1, 0.15) is 46.5 Å². The van der Waals surface area contributed by atoms with Crippen molar-refractivity contribution in [2.24, 2.45) is 5.92 Å². The summed E-state index contributed by atoms with van der Waals surface area (Å²) in [5, 5.41) is 0. The summed E-state index contributed by atoms with van der Waals surface area (Å²) in [6, 6.07) is 0.0137. The minimum Gasteiger partial charge on any atom is -0.378 e. The predicted molar refractivity (Wildman–Crippen MR) is 110 cm³/mol. The van der Waals surface area contributed by atoms with Crippen molar-refractivity contribution in [3.63, 3.8) is 0 Å². The fraction of sp³-hybridized carbons (Fsp3) is 0.882. The first-order valence-corrected chi connectivity index (χ1v) is 13.3. The third-order valence-corrected chi connectivity index (χ3v) is 11.7. The Morgan fingerprint density at radius 3 is 2.80 bits per heavy atom. The van der Waals surface area contributed by atoms with Gasteiger partial charge in [-0.1, -0.05) is 30.5 Å². The zero-order valence-corrected chi connectivity index (χ0v) is 18.4. The third kappa shape index (κ3) is 3.94. The van der Waals surface area contributed by atoms with E-state index in [0.29, 0.717) is 5.92 Å². The van der Waals surface area contributed by atoms with Crippen LogP contribution in [0.15, 0.2) is 12.2 Å². The number of fused-ring (bicyclic) bond motifs is 1. The maximum atomic E-state index is 6.48. The van der Waals surface area contributed by atoms with Crippen LogP contribution in [0, 0.1) is 5.92 Å². The molecule has 0 unspecified atom stereocenters. The van der Waals surface area contributed by atoms with Gasteiger partial charge in [0.1, 0.15) is 20.1 Å². The highest BCUT2D eigenvalue weighted by molar-refractivity contribution is 8.68. The van der Waals surface area contributed by atoms with Crippen LogP contribution in [-0.4, -0.2) is 50.1 Å². The first-order chi connectivity index (χ1) is 11.7. The molecule has 2 saturated heterocycles. The van der Waals surface area contributed by atoms with Gasteiger partial charge >= 0.3 is 0 Å². The van der Waals surface area contributed by atoms with Crippen LogP contribution in [-0.2, 0) is 30.3 Å². The lowest BCUT2D eigenvalue weighted by atomic mass is 9.77. The zero-order valence-electron chi connectivity index (χ0n) is 15.9. The Hall–Kier alpha value is 0.645. The lowest BCUT2D eigenvalue weighted by molar-refractivity contribution is 0.0129. The van der Waals surface area contributed by atoms with Gasteiger partial charge in [-0.2, -0.15) is 0 Å². The van der Waals surface area contributed by atoms with Crippen LogP contribution in [0.3, 0.4) is 0 Å². The number of methoxy groups -OCH3 is 1. The van der Waals surface area contributed by atoms with Gasteiger partial charge in [-0.3, -0.25) is 0 Å². The van der Waals surface area contributed by atoms with Gasteiger partial charge in [0.15, 0.2) is 0 Å². The lowest BCUT2D eigenvalue weighted by Gasteiger charge is -2.37. The lowest BCUT2D eigenvalue weighted by Crippen LogP contribution is -2.39. The fourth-order valence-corrected chi connectivity index (χ4v) is 11.8. The predicted octanol–water partition coefficient (Wildman–Crippen LogP) is 3.65. The standard InChI is InChI=1S/C17H30BO4PS2/c1-6-12-14(15(19-5)16(18)20-12)22-23(24)21-13-9-11(10(2)3)7-8-17(13,4)25-23/h11-16H,2,6-9,18H2,1,3-5H3/t11-,12+,13+,14+,15+,16+,17+,23-/m0/s1. The Morgan fingerprint density at radius 2 is 2.20 bits per heavy atom. The van der Waals surface area contributed by atoms with Gasteiger partial charge in [-0.15, -0.1) is 0 Å². The summed E-state index contributed by atoms with van der Waals surface area (Å²) in [6.07, 6.45) is 4.08. The summed E-state index contributed by atoms with van der Waals surface area (Å²) in [5.74, 6) is 0.533. The Kier molecular flexibility index (Phi) is 6.18. The zero-order chi connectivity index (χ0) is 18.4. The first kappa shape index (κ1) is 20.4. The minimum atomic E-state index is -2.41. The second kappa shape index (κ2) is 7.58. The number of allylic oxidation sites excluding steroid dienone is 1. The van der Waals surface area contributed by atoms with E-state index in [9.17, 15) is 0 Å². The molecule has 0 amide bonds. The molecule has 1 aliphatic carbocycles. The highest BCUT2D eigenvalue weighted by atomic mass is 32.9. The molecule has 0 N–H and O–H groups in total. The molecule has 0 aromatic heterocycles. The van der Waals surface area contributed by atoms with Crippen molar-refractivity contribution >= 4 is 36.7 Å². The van der Waals surface area contributed by atoms with Gasteiger partial charge in [0.25, 0.3) is 0 Å². The van der Waals surface area contributed by atoms with Crippen molar-refractivity contribution in [1.29, 1.82) is 0 Å². The van der Waals surface area contributed by atoms with Crippen LogP contribution < -0.4 is 0 Å². The van der Waals surface area contributed by atoms with E-state index in [2.05, 4.69) is 27.4 Å². The molecule has 2 aliphatic heterocycles. The molecule has 0 radical (unpaired) electrons. The highest BCUT2D eigenvalue weighted by Gasteiger charge is 2.55. The molecule has 3 fully saturated rings. The Labute approximate surface area is 162 Å². The molecule has 0 aromatic rings. The van der Waals surface area contributed by atoms with Gasteiger partial charge in [-0.25, -0.2) is 0 Å². The summed E-state index contributed by atoms with van der Waals surface area (Å²) in [6.45, 7) is 10.7. The van der Waals surface area contributed by atoms with E-state index in [1.54, 1.807) is 18.5 Å². The summed E-state index contributed by atoms with van der Waals surface area (Å²) in [4.78, 5) is 0. The molecular weight excluding hydrogens is 374 g/mol. The summed E-state index contributed by atoms with van der Waals surface area (Å²) < 4.78 is 24.7. The third-order valence-electron chi connectivity index (χ3n) is 5.91. The van der Waals surface area contributed by atoms with Gasteiger partial charge in [0.05, 0.1) is 18.2 Å². The Bertz CT molecular complexity index is 577. The second-order valence-corrected chi connectivity index (χ2v) is 14.4. The fourth-order valence-electron chi connectivity index (χ4n) is 4.27. The van der Waals surface area contributed by atoms with Crippen molar-refractivity contribution < 1.29 is 18.5 Å². The smallest absolute Gasteiger partial charge is 0.248 e. The largest absolute Gasteiger partial charge is 0.378 e. The molecular formula is C17H30BO4PS2. The van der Waals surface area contributed by atoms with E-state index >= 15 is 0 Å². The summed E-state index contributed by atoms with van der Waals surface area (Å²) >= 11 is 7.70. The van der Waals surface area contributed by atoms with E-state index in [1.807, 2.05) is 7.85 Å². The molecule has 8 atom stereocenters. The maximum Gasteiger partial charge on any atom is 0.248 e. The van der Waals surface area contributed by atoms with E-state index < -0.39 is 5.69 Å². The van der Waals surface area contributed by atoms with Gasteiger partial charge < -0.3 is 18.5 Å². The number of hydrogen-bond acceptors (Lipinski definition) is 6. The average Bonchev–Trinajstić information content (AvgIpc) is 2.98. The minimum absolute atomic E-state index is 0.0137. The average molecular weight is 404 g/mol. The molecule has 3 aliphatic rings. The molecule has 2 heterocycles. The molecule has 3 rings (SSSR count). The summed E-state index contributed by atoms with van der Waals surface area (Å²) in [7, 11) is 3.75. The van der Waals surface area contributed by atoms with E-state index in [0.717, 1.165) is 25.7 Å². The van der Waals surface area contributed by atoms with E-state index in [1.165, 1.54) is 5.57 Å². The van der Waals surface area contributed by atoms with Crippen molar-refractivity contribution in [3.05, 3.63) is 12.2 Å². The highest BCUT2D eigenvalue weighted by Crippen LogP contribution is 2.76. The number of hydrogen-bond donors (Lipinski definition) is 0. The number of rotatable bonds is 5. The molecule has 25 heavy (non-hydrogen) atoms. The van der Waals surface area contributed by atoms with E-state index in [4.69, 9.17) is 30.3 Å². The topological polar surface area (TPSA) is 36.9 Å². The van der Waals surface area contributed by atoms with Crippen LogP contribution in [0.4, 0.5) is 0 Å². The quantitative estimate of drug-likeness (QED) is 0.396. The van der Waals surface area contributed by atoms with Crippen molar-refractivity contribution in [2.75, 3.05) is 7.11 Å². The molecule has 0 aromatic carbocycles. The first-order valence-electron chi connectivity index (χ1n) is 9.22. The van der Waals surface area contributed by atoms with Gasteiger partial charge in [0, 0.05) is 11.9 Å². The summed E-state index contributed by atoms with van der Waals surface area (Å²) in [5.41, 5.74) is -1.16. The Morgan fingerprint density at radius 1 is 1.48 bits per heavy atom. The monoisotopic (exact) mass is 404 g/mol. The van der Waals surface area contributed by atoms with Crippen LogP contribution in [0.2, 0.25) is 0 Å². The van der Waals surface area contributed by atoms with Crippen molar-refractivity contribution in [1.82, 2.24) is 0 Å². The molecule has 142 valence electrons. The van der Waals surface area contributed by atoms with Crippen LogP contribution in [0.25, 0.3) is 0 Å². The Balaban J connectivity index is 1.75. The molecule has 1 saturated carbocycles. The van der Waals surface area contributed by atoms with E-state index in [-0.39, 0.29) is 35.2 Å². The molecule has 4 nitrogen and oxygen atoms in total. The van der Waals surface area contributed by atoms with Gasteiger partial charge in [0.2, 0.25) is 5.69 Å². The van der Waals surface area contributed by atoms with Crippen LogP contribution >= 0.6 is 17.1 Å².